The minimum absolute atomic E-state index is 0.0401. The first-order valence-electron chi connectivity index (χ1n) is 8.47. The summed E-state index contributed by atoms with van der Waals surface area (Å²) in [4.78, 5) is 28.9. The average molecular weight is 415 g/mol. The number of hydrazone groups is 1. The molecular formula is C18H17N5O5S. The van der Waals surface area contributed by atoms with Gasteiger partial charge >= 0.3 is 5.69 Å². The monoisotopic (exact) mass is 415 g/mol. The van der Waals surface area contributed by atoms with E-state index < -0.39 is 10.8 Å². The van der Waals surface area contributed by atoms with Gasteiger partial charge in [0.25, 0.3) is 5.91 Å². The van der Waals surface area contributed by atoms with Crippen LogP contribution in [0, 0.1) is 14.9 Å². The van der Waals surface area contributed by atoms with Crippen LogP contribution in [-0.4, -0.2) is 40.7 Å². The molecule has 150 valence electrons. The second kappa shape index (κ2) is 8.52. The molecule has 2 aromatic carbocycles. The van der Waals surface area contributed by atoms with Crippen molar-refractivity contribution in [1.29, 1.82) is 0 Å². The maximum Gasteiger partial charge on any atom is 0.315 e. The number of nitrogens with zero attached hydrogens (tertiary/aromatic N) is 2. The third kappa shape index (κ3) is 4.41. The van der Waals surface area contributed by atoms with Gasteiger partial charge < -0.3 is 19.4 Å². The maximum absolute atomic E-state index is 12.3. The summed E-state index contributed by atoms with van der Waals surface area (Å²) < 4.78 is 11.0. The molecule has 29 heavy (non-hydrogen) atoms. The number of aromatic nitrogens is 2. The van der Waals surface area contributed by atoms with Gasteiger partial charge in [-0.15, -0.1) is 0 Å². The van der Waals surface area contributed by atoms with Crippen LogP contribution in [0.25, 0.3) is 11.0 Å². The number of H-pyrrole nitrogens is 2. The molecule has 1 amide bonds. The molecule has 0 radical (unpaired) electrons. The van der Waals surface area contributed by atoms with Crippen molar-refractivity contribution in [3.8, 4) is 11.5 Å². The lowest BCUT2D eigenvalue weighted by atomic mass is 10.2. The number of imidazole rings is 1. The van der Waals surface area contributed by atoms with Crippen LogP contribution in [0.5, 0.6) is 11.5 Å². The van der Waals surface area contributed by atoms with Crippen molar-refractivity contribution in [2.24, 2.45) is 5.10 Å². The highest BCUT2D eigenvalue weighted by Gasteiger charge is 2.21. The lowest BCUT2D eigenvalue weighted by Gasteiger charge is -2.10. The lowest BCUT2D eigenvalue weighted by molar-refractivity contribution is -0.385. The minimum Gasteiger partial charge on any atom is -0.493 e. The van der Waals surface area contributed by atoms with Crippen molar-refractivity contribution in [3.63, 3.8) is 0 Å². The molecule has 0 spiro atoms. The fourth-order valence-corrected chi connectivity index (χ4v) is 2.88. The number of benzene rings is 2. The lowest BCUT2D eigenvalue weighted by Crippen LogP contribution is -2.17. The second-order valence-electron chi connectivity index (χ2n) is 5.80. The van der Waals surface area contributed by atoms with Crippen molar-refractivity contribution >= 4 is 41.1 Å². The topological polar surface area (TPSA) is 135 Å². The fourth-order valence-electron chi connectivity index (χ4n) is 2.66. The fraction of sp³-hybridized carbons (Fsp3) is 0.167. The normalized spacial score (nSPS) is 11.0. The molecule has 0 aliphatic rings. The van der Waals surface area contributed by atoms with Crippen LogP contribution in [0.15, 0.2) is 35.4 Å². The van der Waals surface area contributed by atoms with Gasteiger partial charge in [0.2, 0.25) is 5.75 Å². The highest BCUT2D eigenvalue weighted by atomic mass is 32.1. The third-order valence-corrected chi connectivity index (χ3v) is 4.12. The van der Waals surface area contributed by atoms with E-state index >= 15 is 0 Å². The Bertz CT molecular complexity index is 1170. The summed E-state index contributed by atoms with van der Waals surface area (Å²) in [6, 6.07) is 7.80. The van der Waals surface area contributed by atoms with Crippen LogP contribution in [-0.2, 0) is 0 Å². The Kier molecular flexibility index (Phi) is 5.88. The van der Waals surface area contributed by atoms with E-state index in [9.17, 15) is 14.9 Å². The number of nitro groups is 1. The number of methoxy groups -OCH3 is 1. The van der Waals surface area contributed by atoms with Crippen LogP contribution in [0.2, 0.25) is 0 Å². The van der Waals surface area contributed by atoms with Gasteiger partial charge in [-0.1, -0.05) is 0 Å². The van der Waals surface area contributed by atoms with Gasteiger partial charge in [-0.05, 0) is 43.4 Å². The van der Waals surface area contributed by atoms with Crippen molar-refractivity contribution in [3.05, 3.63) is 56.3 Å². The number of hydrogen-bond donors (Lipinski definition) is 3. The van der Waals surface area contributed by atoms with Crippen LogP contribution < -0.4 is 14.9 Å². The number of nitro benzene ring substituents is 1. The molecule has 3 N–H and O–H groups in total. The molecule has 0 aliphatic carbocycles. The number of ether oxygens (including phenoxy) is 2. The van der Waals surface area contributed by atoms with Crippen molar-refractivity contribution < 1.29 is 19.2 Å². The van der Waals surface area contributed by atoms with Gasteiger partial charge in [0.05, 0.1) is 35.9 Å². The number of aromatic amines is 2. The number of amides is 1. The Hall–Kier alpha value is -3.73. The minimum atomic E-state index is -0.570. The third-order valence-electron chi connectivity index (χ3n) is 3.92. The first-order chi connectivity index (χ1) is 13.9. The molecule has 1 aromatic heterocycles. The van der Waals surface area contributed by atoms with E-state index in [-0.39, 0.29) is 23.8 Å². The van der Waals surface area contributed by atoms with Gasteiger partial charge in [0.1, 0.15) is 0 Å². The molecule has 10 nitrogen and oxygen atoms in total. The first kappa shape index (κ1) is 20.0. The Morgan fingerprint density at radius 1 is 1.31 bits per heavy atom. The Morgan fingerprint density at radius 2 is 2.07 bits per heavy atom. The molecule has 3 aromatic rings. The van der Waals surface area contributed by atoms with Gasteiger partial charge in [-0.3, -0.25) is 14.9 Å². The molecule has 0 fully saturated rings. The second-order valence-corrected chi connectivity index (χ2v) is 6.21. The zero-order valence-corrected chi connectivity index (χ0v) is 16.3. The summed E-state index contributed by atoms with van der Waals surface area (Å²) >= 11 is 5.02. The van der Waals surface area contributed by atoms with Crippen LogP contribution in [0.4, 0.5) is 5.69 Å². The summed E-state index contributed by atoms with van der Waals surface area (Å²) in [6.07, 6.45) is 1.28. The van der Waals surface area contributed by atoms with E-state index in [0.717, 1.165) is 5.52 Å². The van der Waals surface area contributed by atoms with Gasteiger partial charge in [-0.2, -0.15) is 5.10 Å². The van der Waals surface area contributed by atoms with E-state index in [4.69, 9.17) is 21.7 Å². The number of carbonyl (C=O) groups excluding carboxylic acids is 1. The molecule has 3 rings (SSSR count). The van der Waals surface area contributed by atoms with Gasteiger partial charge in [-0.25, -0.2) is 5.43 Å². The number of nitrogens with one attached hydrogen (secondary N) is 3. The smallest absolute Gasteiger partial charge is 0.315 e. The van der Waals surface area contributed by atoms with Crippen LogP contribution >= 0.6 is 12.2 Å². The predicted octanol–water partition coefficient (Wildman–Crippen LogP) is 3.30. The SMILES string of the molecule is CCOc1c(OC)cc(/C=N\NC(=O)c2ccc3[nH]c(=S)[nH]c3c2)cc1[N+](=O)[O-]. The zero-order valence-electron chi connectivity index (χ0n) is 15.5. The van der Waals surface area contributed by atoms with Gasteiger partial charge in [0, 0.05) is 17.2 Å². The van der Waals surface area contributed by atoms with Crippen molar-refractivity contribution in [2.75, 3.05) is 13.7 Å². The van der Waals surface area contributed by atoms with E-state index in [1.165, 1.54) is 25.5 Å². The molecular weight excluding hydrogens is 398 g/mol. The Balaban J connectivity index is 1.81. The van der Waals surface area contributed by atoms with E-state index in [1.54, 1.807) is 25.1 Å². The van der Waals surface area contributed by atoms with E-state index in [0.29, 0.717) is 21.4 Å². The van der Waals surface area contributed by atoms with Crippen LogP contribution in [0.1, 0.15) is 22.8 Å². The highest BCUT2D eigenvalue weighted by Crippen LogP contribution is 2.37. The zero-order chi connectivity index (χ0) is 21.0. The standard InChI is InChI=1S/C18H17N5O5S/c1-3-28-16-14(23(25)26)6-10(7-15(16)27-2)9-19-22-17(24)11-4-5-12-13(8-11)21-18(29)20-12/h4-9H,3H2,1-2H3,(H,22,24)(H2,20,21,29)/b19-9-. The molecule has 1 heterocycles. The highest BCUT2D eigenvalue weighted by molar-refractivity contribution is 7.71. The number of carbonyl (C=O) groups is 1. The quantitative estimate of drug-likeness (QED) is 0.235. The predicted molar refractivity (Wildman–Crippen MR) is 109 cm³/mol. The average Bonchev–Trinajstić information content (AvgIpc) is 3.07. The number of hydrogen-bond acceptors (Lipinski definition) is 7. The van der Waals surface area contributed by atoms with Crippen molar-refractivity contribution in [2.45, 2.75) is 6.92 Å². The Morgan fingerprint density at radius 3 is 2.76 bits per heavy atom. The van der Waals surface area contributed by atoms with E-state index in [2.05, 4.69) is 20.5 Å². The summed E-state index contributed by atoms with van der Waals surface area (Å²) in [6.45, 7) is 1.96. The summed E-state index contributed by atoms with van der Waals surface area (Å²) in [5, 5.41) is 15.2. The molecule has 0 atom stereocenters. The molecule has 0 unspecified atom stereocenters. The summed E-state index contributed by atoms with van der Waals surface area (Å²) in [5.41, 5.74) is 4.33. The van der Waals surface area contributed by atoms with Crippen molar-refractivity contribution in [1.82, 2.24) is 15.4 Å². The van der Waals surface area contributed by atoms with Gasteiger partial charge in [0.15, 0.2) is 10.5 Å². The molecule has 11 heteroatoms. The summed E-state index contributed by atoms with van der Waals surface area (Å²) in [5.74, 6) is -0.212. The number of rotatable bonds is 7. The summed E-state index contributed by atoms with van der Waals surface area (Å²) in [7, 11) is 1.38. The maximum atomic E-state index is 12.3. The first-order valence-corrected chi connectivity index (χ1v) is 8.88. The molecule has 0 bridgehead atoms. The molecule has 0 aliphatic heterocycles. The Labute approximate surface area is 169 Å². The largest absolute Gasteiger partial charge is 0.493 e. The molecule has 0 saturated carbocycles. The molecule has 0 saturated heterocycles. The van der Waals surface area contributed by atoms with E-state index in [1.807, 2.05) is 0 Å². The number of fused-ring (bicyclic) bond motifs is 1. The van der Waals surface area contributed by atoms with Crippen LogP contribution in [0.3, 0.4) is 0 Å².